The number of rotatable bonds is 4. The number of hydrogen-bond donors (Lipinski definition) is 2. The number of ether oxygens (including phenoxy) is 1. The maximum atomic E-state index is 12.8. The first-order chi connectivity index (χ1) is 14.5. The fraction of sp³-hybridized carbons (Fsp3) is 0.522. The topological polar surface area (TPSA) is 84.3 Å². The third-order valence-electron chi connectivity index (χ3n) is 6.43. The Hall–Kier alpha value is -2.69. The van der Waals surface area contributed by atoms with Crippen molar-refractivity contribution in [2.45, 2.75) is 44.6 Å². The van der Waals surface area contributed by atoms with Crippen LogP contribution in [-0.2, 0) is 15.1 Å². The Kier molecular flexibility index (Phi) is 5.89. The van der Waals surface area contributed by atoms with Crippen LogP contribution in [0.3, 0.4) is 0 Å². The summed E-state index contributed by atoms with van der Waals surface area (Å²) in [5, 5.41) is 3.04. The van der Waals surface area contributed by atoms with E-state index in [2.05, 4.69) is 33.0 Å². The number of nitrogens with two attached hydrogens (primary N) is 1. The molecule has 158 valence electrons. The lowest BCUT2D eigenvalue weighted by molar-refractivity contribution is -0.110. The van der Waals surface area contributed by atoms with Crippen LogP contribution >= 0.6 is 0 Å². The fourth-order valence-corrected chi connectivity index (χ4v) is 4.31. The molecule has 0 aromatic heterocycles. The summed E-state index contributed by atoms with van der Waals surface area (Å²) in [4.78, 5) is 22.6. The summed E-state index contributed by atoms with van der Waals surface area (Å²) in [6.45, 7) is 12.6. The molecule has 0 unspecified atom stereocenters. The summed E-state index contributed by atoms with van der Waals surface area (Å²) in [7, 11) is 0. The average molecular weight is 408 g/mol. The van der Waals surface area contributed by atoms with E-state index in [0.717, 1.165) is 55.7 Å². The van der Waals surface area contributed by atoms with Crippen molar-refractivity contribution in [1.29, 1.82) is 0 Å². The average Bonchev–Trinajstić information content (AvgIpc) is 3.25. The number of piperidine rings is 1. The van der Waals surface area contributed by atoms with Crippen LogP contribution in [0.15, 0.2) is 35.1 Å². The normalized spacial score (nSPS) is 21.6. The van der Waals surface area contributed by atoms with E-state index in [0.29, 0.717) is 31.3 Å². The third-order valence-corrected chi connectivity index (χ3v) is 6.43. The van der Waals surface area contributed by atoms with Gasteiger partial charge in [0.1, 0.15) is 0 Å². The first kappa shape index (κ1) is 20.6. The zero-order valence-corrected chi connectivity index (χ0v) is 17.5. The second-order valence-corrected chi connectivity index (χ2v) is 8.56. The Morgan fingerprint density at radius 2 is 2.07 bits per heavy atom. The molecule has 0 atom stereocenters. The van der Waals surface area contributed by atoms with Gasteiger partial charge in [0, 0.05) is 38.3 Å². The molecule has 3 aliphatic rings. The van der Waals surface area contributed by atoms with E-state index in [-0.39, 0.29) is 11.7 Å². The summed E-state index contributed by atoms with van der Waals surface area (Å²) in [6.07, 6.45) is 5.91. The lowest BCUT2D eigenvalue weighted by Crippen LogP contribution is -2.42. The van der Waals surface area contributed by atoms with Crippen molar-refractivity contribution in [2.75, 3.05) is 36.5 Å². The van der Waals surface area contributed by atoms with Gasteiger partial charge in [0.05, 0.1) is 11.4 Å². The van der Waals surface area contributed by atoms with Gasteiger partial charge in [0.15, 0.2) is 5.71 Å². The number of nitrogens with zero attached hydrogens (tertiary/aromatic N) is 3. The van der Waals surface area contributed by atoms with E-state index in [1.54, 1.807) is 6.08 Å². The molecule has 3 aliphatic heterocycles. The van der Waals surface area contributed by atoms with Crippen LogP contribution < -0.4 is 16.0 Å². The van der Waals surface area contributed by atoms with Crippen molar-refractivity contribution in [2.24, 2.45) is 16.6 Å². The molecule has 0 bridgehead atoms. The zero-order valence-electron chi connectivity index (χ0n) is 17.5. The number of aliphatic imine (C=N–C) groups is 1. The number of nitrogens with one attached hydrogen (secondary N) is 1. The van der Waals surface area contributed by atoms with Crippen molar-refractivity contribution >= 4 is 23.0 Å². The van der Waals surface area contributed by atoms with E-state index < -0.39 is 5.54 Å². The van der Waals surface area contributed by atoms with E-state index >= 15 is 0 Å². The van der Waals surface area contributed by atoms with E-state index in [4.69, 9.17) is 17.0 Å². The predicted molar refractivity (Wildman–Crippen MR) is 118 cm³/mol. The lowest BCUT2D eigenvalue weighted by atomic mass is 9.83. The summed E-state index contributed by atoms with van der Waals surface area (Å²) < 4.78 is 5.51. The van der Waals surface area contributed by atoms with E-state index in [9.17, 15) is 4.79 Å². The van der Waals surface area contributed by atoms with Crippen LogP contribution in [0.2, 0.25) is 0 Å². The molecular formula is C23H29N5O2. The van der Waals surface area contributed by atoms with Gasteiger partial charge in [0.2, 0.25) is 0 Å². The molecule has 7 nitrogen and oxygen atoms in total. The van der Waals surface area contributed by atoms with Crippen molar-refractivity contribution < 1.29 is 9.53 Å². The maximum absolute atomic E-state index is 12.8. The zero-order chi connectivity index (χ0) is 21.1. The molecule has 1 amide bonds. The van der Waals surface area contributed by atoms with Crippen LogP contribution in [0, 0.1) is 12.5 Å². The molecule has 1 aromatic carbocycles. The monoisotopic (exact) mass is 407 g/mol. The first-order valence-electron chi connectivity index (χ1n) is 10.7. The molecule has 3 N–H and O–H groups in total. The van der Waals surface area contributed by atoms with Gasteiger partial charge in [-0.15, -0.1) is 4.99 Å². The molecule has 3 heterocycles. The standard InChI is InChI=1S/C23H29N5O2/c1-16-7-11-28(12-8-16)20-15-17(23(24)9-13-30-14-10-23)3-4-18(20)27-22(29)19-5-6-21(25-2)26-19/h3-4,6,15-16H,5,7-14,24H2,1H3,(H,27,29). The van der Waals surface area contributed by atoms with Crippen LogP contribution in [-0.4, -0.2) is 37.9 Å². The Bertz CT molecular complexity index is 916. The van der Waals surface area contributed by atoms with Crippen LogP contribution in [0.5, 0.6) is 0 Å². The minimum Gasteiger partial charge on any atom is -0.381 e. The first-order valence-corrected chi connectivity index (χ1v) is 10.7. The highest BCUT2D eigenvalue weighted by molar-refractivity contribution is 6.44. The number of allylic oxidation sites excluding steroid dienone is 1. The SMILES string of the molecule is [C-]#[N+]C1=CCC(C(=O)Nc2ccc(C3(N)CCOCC3)cc2N2CCC(C)CC2)=N1. The highest BCUT2D eigenvalue weighted by atomic mass is 16.5. The fourth-order valence-electron chi connectivity index (χ4n) is 4.31. The van der Waals surface area contributed by atoms with Crippen molar-refractivity contribution in [1.82, 2.24) is 0 Å². The summed E-state index contributed by atoms with van der Waals surface area (Å²) in [5.41, 5.74) is 9.60. The predicted octanol–water partition coefficient (Wildman–Crippen LogP) is 3.43. The number of benzene rings is 1. The highest BCUT2D eigenvalue weighted by Gasteiger charge is 2.32. The second-order valence-electron chi connectivity index (χ2n) is 8.56. The van der Waals surface area contributed by atoms with E-state index in [1.165, 1.54) is 0 Å². The molecule has 7 heteroatoms. The van der Waals surface area contributed by atoms with Gasteiger partial charge in [0.25, 0.3) is 11.7 Å². The number of anilines is 2. The van der Waals surface area contributed by atoms with Gasteiger partial charge in [-0.1, -0.05) is 25.6 Å². The van der Waals surface area contributed by atoms with Crippen molar-refractivity contribution in [3.05, 3.63) is 47.1 Å². The molecule has 2 fully saturated rings. The maximum Gasteiger partial charge on any atom is 0.294 e. The van der Waals surface area contributed by atoms with Gasteiger partial charge in [-0.2, -0.15) is 0 Å². The highest BCUT2D eigenvalue weighted by Crippen LogP contribution is 2.37. The summed E-state index contributed by atoms with van der Waals surface area (Å²) in [6, 6.07) is 6.13. The molecule has 0 aliphatic carbocycles. The molecule has 0 spiro atoms. The number of carbonyl (C=O) groups excluding carboxylic acids is 1. The Labute approximate surface area is 177 Å². The Morgan fingerprint density at radius 1 is 1.33 bits per heavy atom. The van der Waals surface area contributed by atoms with Gasteiger partial charge in [-0.25, -0.2) is 0 Å². The Balaban J connectivity index is 1.62. The summed E-state index contributed by atoms with van der Waals surface area (Å²) in [5.74, 6) is 0.743. The van der Waals surface area contributed by atoms with Gasteiger partial charge < -0.3 is 25.5 Å². The largest absolute Gasteiger partial charge is 0.381 e. The van der Waals surface area contributed by atoms with Gasteiger partial charge in [-0.05, 0) is 49.3 Å². The molecule has 2 saturated heterocycles. The van der Waals surface area contributed by atoms with Gasteiger partial charge >= 0.3 is 0 Å². The van der Waals surface area contributed by atoms with Crippen molar-refractivity contribution in [3.63, 3.8) is 0 Å². The van der Waals surface area contributed by atoms with Crippen molar-refractivity contribution in [3.8, 4) is 0 Å². The molecule has 4 rings (SSSR count). The number of hydrogen-bond acceptors (Lipinski definition) is 5. The molecule has 30 heavy (non-hydrogen) atoms. The molecule has 1 aromatic rings. The molecule has 0 saturated carbocycles. The summed E-state index contributed by atoms with van der Waals surface area (Å²) >= 11 is 0. The second kappa shape index (κ2) is 8.58. The third kappa shape index (κ3) is 4.25. The minimum atomic E-state index is -0.400. The Morgan fingerprint density at radius 3 is 2.73 bits per heavy atom. The van der Waals surface area contributed by atoms with E-state index in [1.807, 2.05) is 12.1 Å². The lowest BCUT2D eigenvalue weighted by Gasteiger charge is -2.37. The van der Waals surface area contributed by atoms with Crippen LogP contribution in [0.4, 0.5) is 11.4 Å². The van der Waals surface area contributed by atoms with Crippen LogP contribution in [0.1, 0.15) is 44.6 Å². The number of amides is 1. The van der Waals surface area contributed by atoms with Crippen LogP contribution in [0.25, 0.3) is 4.85 Å². The minimum absolute atomic E-state index is 0.252. The number of carbonyl (C=O) groups is 1. The van der Waals surface area contributed by atoms with Gasteiger partial charge in [-0.3, -0.25) is 4.79 Å². The quantitative estimate of drug-likeness (QED) is 0.749. The molecule has 0 radical (unpaired) electrons. The smallest absolute Gasteiger partial charge is 0.294 e. The molecular weight excluding hydrogens is 378 g/mol.